The van der Waals surface area contributed by atoms with E-state index >= 15 is 0 Å². The van der Waals surface area contributed by atoms with E-state index in [1.54, 1.807) is 12.4 Å². The number of nitrogens with zero attached hydrogens (tertiary/aromatic N) is 3. The second kappa shape index (κ2) is 4.49. The number of pyridine rings is 1. The summed E-state index contributed by atoms with van der Waals surface area (Å²) in [6.07, 6.45) is 3.53. The molecule has 0 atom stereocenters. The van der Waals surface area contributed by atoms with E-state index in [1.165, 1.54) is 0 Å². The van der Waals surface area contributed by atoms with Gasteiger partial charge in [0.1, 0.15) is 5.69 Å². The zero-order valence-electron chi connectivity index (χ0n) is 8.31. The minimum Gasteiger partial charge on any atom is -0.253 e. The molecule has 0 radical (unpaired) electrons. The first-order chi connectivity index (χ1) is 7.29. The average molecular weight is 264 g/mol. The van der Waals surface area contributed by atoms with Gasteiger partial charge in [0, 0.05) is 17.7 Å². The van der Waals surface area contributed by atoms with E-state index in [2.05, 4.69) is 30.9 Å². The van der Waals surface area contributed by atoms with Gasteiger partial charge in [0.05, 0.1) is 5.69 Å². The van der Waals surface area contributed by atoms with Gasteiger partial charge in [0.2, 0.25) is 0 Å². The van der Waals surface area contributed by atoms with Crippen LogP contribution < -0.4 is 0 Å². The summed E-state index contributed by atoms with van der Waals surface area (Å²) in [6.45, 7) is 2.03. The Morgan fingerprint density at radius 2 is 2.00 bits per heavy atom. The molecule has 0 fully saturated rings. The van der Waals surface area contributed by atoms with Crippen LogP contribution in [0.2, 0.25) is 0 Å². The highest BCUT2D eigenvalue weighted by molar-refractivity contribution is 9.08. The molecule has 0 saturated heterocycles. The van der Waals surface area contributed by atoms with Crippen molar-refractivity contribution in [3.8, 4) is 11.5 Å². The van der Waals surface area contributed by atoms with E-state index < -0.39 is 0 Å². The summed E-state index contributed by atoms with van der Waals surface area (Å²) in [5.74, 6) is 0.677. The van der Waals surface area contributed by atoms with Gasteiger partial charge < -0.3 is 0 Å². The van der Waals surface area contributed by atoms with Gasteiger partial charge in [-0.3, -0.25) is 4.98 Å². The van der Waals surface area contributed by atoms with Crippen LogP contribution >= 0.6 is 15.9 Å². The van der Waals surface area contributed by atoms with Gasteiger partial charge in [-0.15, -0.1) is 0 Å². The first-order valence-electron chi connectivity index (χ1n) is 4.60. The lowest BCUT2D eigenvalue weighted by Crippen LogP contribution is -1.94. The lowest BCUT2D eigenvalue weighted by molar-refractivity contribution is 1.08. The highest BCUT2D eigenvalue weighted by Crippen LogP contribution is 2.13. The maximum absolute atomic E-state index is 4.38. The molecule has 0 bridgehead atoms. The summed E-state index contributed by atoms with van der Waals surface area (Å²) < 4.78 is 0. The molecule has 0 unspecified atom stereocenters. The molecule has 3 nitrogen and oxygen atoms in total. The lowest BCUT2D eigenvalue weighted by Gasteiger charge is -2.01. The van der Waals surface area contributed by atoms with Crippen molar-refractivity contribution in [2.75, 3.05) is 0 Å². The molecule has 2 heterocycles. The Labute approximate surface area is 96.7 Å². The largest absolute Gasteiger partial charge is 0.253 e. The number of hydrogen-bond donors (Lipinski definition) is 0. The zero-order valence-corrected chi connectivity index (χ0v) is 9.90. The standard InChI is InChI=1S/C11H10BrN3/c1-8-2-4-13-10(6-8)11-14-5-3-9(7-12)15-11/h2-6H,7H2,1H3. The summed E-state index contributed by atoms with van der Waals surface area (Å²) in [6, 6.07) is 5.82. The first kappa shape index (κ1) is 10.2. The number of aryl methyl sites for hydroxylation is 1. The summed E-state index contributed by atoms with van der Waals surface area (Å²) in [5.41, 5.74) is 2.94. The van der Waals surface area contributed by atoms with E-state index in [9.17, 15) is 0 Å². The monoisotopic (exact) mass is 263 g/mol. The van der Waals surface area contributed by atoms with Gasteiger partial charge in [0.25, 0.3) is 0 Å². The average Bonchev–Trinajstić information content (AvgIpc) is 2.29. The van der Waals surface area contributed by atoms with Crippen molar-refractivity contribution < 1.29 is 0 Å². The second-order valence-electron chi connectivity index (χ2n) is 3.22. The fourth-order valence-corrected chi connectivity index (χ4v) is 1.56. The SMILES string of the molecule is Cc1ccnc(-c2nccc(CBr)n2)c1. The van der Waals surface area contributed by atoms with Crippen molar-refractivity contribution in [1.29, 1.82) is 0 Å². The van der Waals surface area contributed by atoms with Crippen molar-refractivity contribution in [3.63, 3.8) is 0 Å². The van der Waals surface area contributed by atoms with Gasteiger partial charge in [0.15, 0.2) is 5.82 Å². The topological polar surface area (TPSA) is 38.7 Å². The molecule has 0 aliphatic heterocycles. The number of aromatic nitrogens is 3. The fourth-order valence-electron chi connectivity index (χ4n) is 1.25. The molecule has 2 rings (SSSR count). The normalized spacial score (nSPS) is 10.3. The van der Waals surface area contributed by atoms with Gasteiger partial charge in [-0.05, 0) is 30.7 Å². The maximum atomic E-state index is 4.38. The molecule has 4 heteroatoms. The van der Waals surface area contributed by atoms with Crippen LogP contribution in [-0.2, 0) is 5.33 Å². The summed E-state index contributed by atoms with van der Waals surface area (Å²) in [5, 5.41) is 0.730. The Morgan fingerprint density at radius 3 is 2.73 bits per heavy atom. The quantitative estimate of drug-likeness (QED) is 0.783. The summed E-state index contributed by atoms with van der Waals surface area (Å²) in [7, 11) is 0. The number of halogens is 1. The molecule has 0 aliphatic carbocycles. The molecule has 0 spiro atoms. The predicted molar refractivity (Wildman–Crippen MR) is 62.6 cm³/mol. The number of rotatable bonds is 2. The van der Waals surface area contributed by atoms with Crippen molar-refractivity contribution in [2.24, 2.45) is 0 Å². The minimum atomic E-state index is 0.677. The van der Waals surface area contributed by atoms with Crippen molar-refractivity contribution in [2.45, 2.75) is 12.3 Å². The molecule has 0 saturated carbocycles. The van der Waals surface area contributed by atoms with Crippen molar-refractivity contribution in [1.82, 2.24) is 15.0 Å². The summed E-state index contributed by atoms with van der Waals surface area (Å²) in [4.78, 5) is 12.8. The molecular weight excluding hydrogens is 254 g/mol. The van der Waals surface area contributed by atoms with Crippen LogP contribution in [0.1, 0.15) is 11.3 Å². The Morgan fingerprint density at radius 1 is 1.20 bits per heavy atom. The van der Waals surface area contributed by atoms with Gasteiger partial charge >= 0.3 is 0 Å². The number of alkyl halides is 1. The van der Waals surface area contributed by atoms with Gasteiger partial charge in [-0.2, -0.15) is 0 Å². The second-order valence-corrected chi connectivity index (χ2v) is 3.78. The lowest BCUT2D eigenvalue weighted by atomic mass is 10.2. The molecule has 0 amide bonds. The highest BCUT2D eigenvalue weighted by Gasteiger charge is 2.03. The maximum Gasteiger partial charge on any atom is 0.178 e. The molecule has 0 aliphatic rings. The Bertz CT molecular complexity index is 471. The van der Waals surface area contributed by atoms with Crippen LogP contribution in [0.3, 0.4) is 0 Å². The van der Waals surface area contributed by atoms with Gasteiger partial charge in [-0.25, -0.2) is 9.97 Å². The van der Waals surface area contributed by atoms with Crippen LogP contribution in [0.5, 0.6) is 0 Å². The minimum absolute atomic E-state index is 0.677. The third kappa shape index (κ3) is 2.39. The van der Waals surface area contributed by atoms with E-state index in [0.717, 1.165) is 22.3 Å². The van der Waals surface area contributed by atoms with Crippen LogP contribution in [0.25, 0.3) is 11.5 Å². The van der Waals surface area contributed by atoms with E-state index in [-0.39, 0.29) is 0 Å². The Kier molecular flexibility index (Phi) is 3.06. The Hall–Kier alpha value is -1.29. The third-order valence-electron chi connectivity index (χ3n) is 1.99. The van der Waals surface area contributed by atoms with Crippen molar-refractivity contribution in [3.05, 3.63) is 41.9 Å². The molecular formula is C11H10BrN3. The third-order valence-corrected chi connectivity index (χ3v) is 2.57. The van der Waals surface area contributed by atoms with Crippen molar-refractivity contribution >= 4 is 15.9 Å². The van der Waals surface area contributed by atoms with E-state index in [1.807, 2.05) is 25.1 Å². The van der Waals surface area contributed by atoms with E-state index in [0.29, 0.717) is 5.82 Å². The van der Waals surface area contributed by atoms with Crippen LogP contribution in [0.15, 0.2) is 30.6 Å². The Balaban J connectivity index is 2.44. The zero-order chi connectivity index (χ0) is 10.7. The molecule has 0 N–H and O–H groups in total. The summed E-state index contributed by atoms with van der Waals surface area (Å²) >= 11 is 3.37. The molecule has 2 aromatic rings. The first-order valence-corrected chi connectivity index (χ1v) is 5.72. The molecule has 2 aromatic heterocycles. The molecule has 15 heavy (non-hydrogen) atoms. The van der Waals surface area contributed by atoms with Gasteiger partial charge in [-0.1, -0.05) is 15.9 Å². The number of hydrogen-bond acceptors (Lipinski definition) is 3. The molecule has 0 aromatic carbocycles. The highest BCUT2D eigenvalue weighted by atomic mass is 79.9. The molecule has 76 valence electrons. The van der Waals surface area contributed by atoms with E-state index in [4.69, 9.17) is 0 Å². The fraction of sp³-hybridized carbons (Fsp3) is 0.182. The predicted octanol–water partition coefficient (Wildman–Crippen LogP) is 2.74. The smallest absolute Gasteiger partial charge is 0.178 e. The van der Waals surface area contributed by atoms with Crippen LogP contribution in [-0.4, -0.2) is 15.0 Å². The van der Waals surface area contributed by atoms with Crippen LogP contribution in [0, 0.1) is 6.92 Å². The van der Waals surface area contributed by atoms with Crippen LogP contribution in [0.4, 0.5) is 0 Å².